The fourth-order valence-electron chi connectivity index (χ4n) is 3.29. The molecular weight excluding hydrogens is 390 g/mol. The lowest BCUT2D eigenvalue weighted by atomic mass is 10.1. The maximum atomic E-state index is 12.9. The smallest absolute Gasteiger partial charge is 0.343 e. The summed E-state index contributed by atoms with van der Waals surface area (Å²) in [5.74, 6) is -0.342. The summed E-state index contributed by atoms with van der Waals surface area (Å²) >= 11 is 0. The Morgan fingerprint density at radius 3 is 2.21 bits per heavy atom. The van der Waals surface area contributed by atoms with Crippen molar-refractivity contribution in [1.29, 1.82) is 0 Å². The maximum absolute atomic E-state index is 12.9. The van der Waals surface area contributed by atoms with Crippen molar-refractivity contribution < 1.29 is 22.7 Å². The minimum atomic E-state index is -3.64. The van der Waals surface area contributed by atoms with Crippen molar-refractivity contribution in [1.82, 2.24) is 4.31 Å². The predicted molar refractivity (Wildman–Crippen MR) is 110 cm³/mol. The molecule has 6 nitrogen and oxygen atoms in total. The van der Waals surface area contributed by atoms with Gasteiger partial charge in [-0.15, -0.1) is 0 Å². The third kappa shape index (κ3) is 5.10. The van der Waals surface area contributed by atoms with Gasteiger partial charge in [0.1, 0.15) is 5.75 Å². The quantitative estimate of drug-likeness (QED) is 0.404. The Morgan fingerprint density at radius 1 is 0.931 bits per heavy atom. The molecule has 1 aliphatic heterocycles. The van der Waals surface area contributed by atoms with E-state index in [1.165, 1.54) is 22.5 Å². The van der Waals surface area contributed by atoms with Crippen LogP contribution in [0.1, 0.15) is 59.7 Å². The molecule has 2 aromatic carbocycles. The van der Waals surface area contributed by atoms with E-state index in [1.807, 2.05) is 0 Å². The number of ether oxygens (including phenoxy) is 1. The summed E-state index contributed by atoms with van der Waals surface area (Å²) in [4.78, 5) is 24.3. The van der Waals surface area contributed by atoms with Gasteiger partial charge in [0.05, 0.1) is 10.5 Å². The first-order chi connectivity index (χ1) is 13.9. The van der Waals surface area contributed by atoms with Crippen LogP contribution >= 0.6 is 0 Å². The molecule has 2 aromatic rings. The Balaban J connectivity index is 1.76. The fourth-order valence-corrected chi connectivity index (χ4v) is 4.86. The second-order valence-electron chi connectivity index (χ2n) is 7.04. The van der Waals surface area contributed by atoms with Crippen molar-refractivity contribution in [3.63, 3.8) is 0 Å². The van der Waals surface area contributed by atoms with Gasteiger partial charge in [-0.05, 0) is 55.3 Å². The number of benzene rings is 2. The molecule has 7 heteroatoms. The average molecular weight is 416 g/mol. The lowest BCUT2D eigenvalue weighted by molar-refractivity contribution is 0.0734. The van der Waals surface area contributed by atoms with E-state index in [1.54, 1.807) is 37.3 Å². The largest absolute Gasteiger partial charge is 0.423 e. The molecule has 0 atom stereocenters. The van der Waals surface area contributed by atoms with Crippen molar-refractivity contribution in [3.8, 4) is 5.75 Å². The van der Waals surface area contributed by atoms with Crippen LogP contribution in [0, 0.1) is 0 Å². The van der Waals surface area contributed by atoms with Gasteiger partial charge >= 0.3 is 5.97 Å². The van der Waals surface area contributed by atoms with Crippen LogP contribution in [0.2, 0.25) is 0 Å². The fraction of sp³-hybridized carbons (Fsp3) is 0.364. The number of carbonyl (C=O) groups excluding carboxylic acids is 2. The summed E-state index contributed by atoms with van der Waals surface area (Å²) in [5, 5.41) is 0. The van der Waals surface area contributed by atoms with Gasteiger partial charge in [0.25, 0.3) is 0 Å². The van der Waals surface area contributed by atoms with E-state index in [-0.39, 0.29) is 16.2 Å². The van der Waals surface area contributed by atoms with Crippen LogP contribution in [-0.2, 0) is 10.0 Å². The molecule has 0 spiro atoms. The van der Waals surface area contributed by atoms with E-state index in [2.05, 4.69) is 0 Å². The average Bonchev–Trinajstić information content (AvgIpc) is 3.04. The summed E-state index contributed by atoms with van der Waals surface area (Å²) in [5.41, 5.74) is 0.715. The van der Waals surface area contributed by atoms with E-state index >= 15 is 0 Å². The second-order valence-corrected chi connectivity index (χ2v) is 8.97. The van der Waals surface area contributed by atoms with Gasteiger partial charge in [-0.25, -0.2) is 13.2 Å². The molecule has 0 aromatic heterocycles. The third-order valence-electron chi connectivity index (χ3n) is 4.98. The number of rotatable bonds is 6. The van der Waals surface area contributed by atoms with Crippen LogP contribution in [0.3, 0.4) is 0 Å². The molecule has 0 N–H and O–H groups in total. The minimum absolute atomic E-state index is 0.00861. The molecule has 29 heavy (non-hydrogen) atoms. The molecule has 0 unspecified atom stereocenters. The van der Waals surface area contributed by atoms with Crippen molar-refractivity contribution in [2.75, 3.05) is 13.1 Å². The maximum Gasteiger partial charge on any atom is 0.343 e. The summed E-state index contributed by atoms with van der Waals surface area (Å²) in [6.45, 7) is 2.78. The molecule has 1 fully saturated rings. The molecule has 0 aliphatic carbocycles. The van der Waals surface area contributed by atoms with Crippen molar-refractivity contribution in [2.24, 2.45) is 0 Å². The number of nitrogens with zero attached hydrogens (tertiary/aromatic N) is 1. The first-order valence-electron chi connectivity index (χ1n) is 9.87. The van der Waals surface area contributed by atoms with Gasteiger partial charge < -0.3 is 4.74 Å². The first kappa shape index (κ1) is 21.2. The first-order valence-corrected chi connectivity index (χ1v) is 11.3. The summed E-state index contributed by atoms with van der Waals surface area (Å²) in [6, 6.07) is 12.3. The van der Waals surface area contributed by atoms with Gasteiger partial charge in [0, 0.05) is 25.1 Å². The van der Waals surface area contributed by atoms with Crippen molar-refractivity contribution in [3.05, 3.63) is 59.7 Å². The zero-order chi connectivity index (χ0) is 20.9. The third-order valence-corrected chi connectivity index (χ3v) is 6.88. The Hall–Kier alpha value is -2.51. The van der Waals surface area contributed by atoms with E-state index in [0.717, 1.165) is 25.7 Å². The number of hydrogen-bond donors (Lipinski definition) is 0. The summed E-state index contributed by atoms with van der Waals surface area (Å²) in [6.07, 6.45) is 4.15. The summed E-state index contributed by atoms with van der Waals surface area (Å²) in [7, 11) is -3.64. The van der Waals surface area contributed by atoms with Crippen LogP contribution in [0.5, 0.6) is 5.75 Å². The van der Waals surface area contributed by atoms with Crippen LogP contribution in [0.15, 0.2) is 53.4 Å². The number of carbonyl (C=O) groups is 2. The second kappa shape index (κ2) is 9.33. The van der Waals surface area contributed by atoms with Gasteiger partial charge in [0.2, 0.25) is 10.0 Å². The highest BCUT2D eigenvalue weighted by atomic mass is 32.2. The molecule has 1 aliphatic rings. The standard InChI is InChI=1S/C22H25NO5S/c1-2-21(24)17-10-12-19(13-11-17)28-22(25)18-8-7-9-20(16-18)29(26,27)23-14-5-3-4-6-15-23/h7-13,16H,2-6,14-15H2,1H3. The van der Waals surface area contributed by atoms with Crippen molar-refractivity contribution in [2.45, 2.75) is 43.9 Å². The van der Waals surface area contributed by atoms with Crippen LogP contribution in [-0.4, -0.2) is 37.6 Å². The zero-order valence-electron chi connectivity index (χ0n) is 16.5. The van der Waals surface area contributed by atoms with Gasteiger partial charge in [-0.2, -0.15) is 4.31 Å². The van der Waals surface area contributed by atoms with Gasteiger partial charge in [-0.1, -0.05) is 25.8 Å². The molecule has 0 radical (unpaired) electrons. The zero-order valence-corrected chi connectivity index (χ0v) is 17.3. The minimum Gasteiger partial charge on any atom is -0.423 e. The monoisotopic (exact) mass is 415 g/mol. The predicted octanol–water partition coefficient (Wildman–Crippen LogP) is 4.06. The van der Waals surface area contributed by atoms with E-state index in [4.69, 9.17) is 4.74 Å². The molecular formula is C22H25NO5S. The molecule has 0 saturated carbocycles. The Bertz CT molecular complexity index is 975. The molecule has 1 saturated heterocycles. The van der Waals surface area contributed by atoms with Crippen LogP contribution in [0.25, 0.3) is 0 Å². The molecule has 1 heterocycles. The molecule has 0 bridgehead atoms. The topological polar surface area (TPSA) is 80.8 Å². The number of hydrogen-bond acceptors (Lipinski definition) is 5. The normalized spacial score (nSPS) is 15.5. The Kier molecular flexibility index (Phi) is 6.82. The van der Waals surface area contributed by atoms with Gasteiger partial charge in [-0.3, -0.25) is 4.79 Å². The number of ketones is 1. The van der Waals surface area contributed by atoms with E-state index in [9.17, 15) is 18.0 Å². The highest BCUT2D eigenvalue weighted by Crippen LogP contribution is 2.22. The van der Waals surface area contributed by atoms with Crippen molar-refractivity contribution >= 4 is 21.8 Å². The van der Waals surface area contributed by atoms with Crippen LogP contribution in [0.4, 0.5) is 0 Å². The number of Topliss-reactive ketones (excluding diaryl/α,β-unsaturated/α-hetero) is 1. The Morgan fingerprint density at radius 2 is 1.59 bits per heavy atom. The summed E-state index contributed by atoms with van der Waals surface area (Å²) < 4.78 is 32.7. The Labute approximate surface area is 171 Å². The lowest BCUT2D eigenvalue weighted by Gasteiger charge is -2.20. The number of esters is 1. The number of sulfonamides is 1. The molecule has 0 amide bonds. The van der Waals surface area contributed by atoms with Crippen LogP contribution < -0.4 is 4.74 Å². The van der Waals surface area contributed by atoms with E-state index < -0.39 is 16.0 Å². The highest BCUT2D eigenvalue weighted by molar-refractivity contribution is 7.89. The van der Waals surface area contributed by atoms with E-state index in [0.29, 0.717) is 30.8 Å². The highest BCUT2D eigenvalue weighted by Gasteiger charge is 2.26. The molecule has 154 valence electrons. The lowest BCUT2D eigenvalue weighted by Crippen LogP contribution is -2.32. The van der Waals surface area contributed by atoms with Gasteiger partial charge in [0.15, 0.2) is 5.78 Å². The SMILES string of the molecule is CCC(=O)c1ccc(OC(=O)c2cccc(S(=O)(=O)N3CCCCCC3)c2)cc1. The molecule has 3 rings (SSSR count).